The third-order valence-corrected chi connectivity index (χ3v) is 5.94. The van der Waals surface area contributed by atoms with Gasteiger partial charge in [0, 0.05) is 13.2 Å². The molecule has 1 saturated heterocycles. The summed E-state index contributed by atoms with van der Waals surface area (Å²) in [7, 11) is 4.12. The molecule has 2 aliphatic carbocycles. The Labute approximate surface area is 129 Å². The second-order valence-electron chi connectivity index (χ2n) is 7.31. The minimum atomic E-state index is 0.461. The van der Waals surface area contributed by atoms with Crippen LogP contribution in [0.4, 0.5) is 0 Å². The van der Waals surface area contributed by atoms with Gasteiger partial charge in [0.05, 0.1) is 18.2 Å². The Hall–Kier alpha value is -0.480. The average Bonchev–Trinajstić information content (AvgIpc) is 2.53. The Morgan fingerprint density at radius 3 is 2.38 bits per heavy atom. The third kappa shape index (κ3) is 3.84. The molecule has 120 valence electrons. The van der Waals surface area contributed by atoms with Crippen molar-refractivity contribution in [3.63, 3.8) is 0 Å². The van der Waals surface area contributed by atoms with E-state index in [-0.39, 0.29) is 0 Å². The van der Waals surface area contributed by atoms with Gasteiger partial charge in [0.2, 0.25) is 0 Å². The predicted molar refractivity (Wildman–Crippen MR) is 84.7 cm³/mol. The van der Waals surface area contributed by atoms with Gasteiger partial charge in [-0.3, -0.25) is 0 Å². The lowest BCUT2D eigenvalue weighted by molar-refractivity contribution is 0.0644. The van der Waals surface area contributed by atoms with Crippen molar-refractivity contribution in [2.24, 2.45) is 16.1 Å². The summed E-state index contributed by atoms with van der Waals surface area (Å²) >= 11 is 0. The molecule has 0 aromatic rings. The van der Waals surface area contributed by atoms with Crippen molar-refractivity contribution in [1.82, 2.24) is 4.90 Å². The third-order valence-electron chi connectivity index (χ3n) is 5.94. The second-order valence-corrected chi connectivity index (χ2v) is 7.31. The van der Waals surface area contributed by atoms with E-state index in [1.807, 2.05) is 7.11 Å². The molecule has 3 rings (SSSR count). The van der Waals surface area contributed by atoms with E-state index >= 15 is 0 Å². The lowest BCUT2D eigenvalue weighted by Gasteiger charge is -2.43. The maximum absolute atomic E-state index is 5.43. The smallest absolute Gasteiger partial charge is 0.0712 e. The predicted octanol–water partition coefficient (Wildman–Crippen LogP) is 3.66. The molecule has 3 aliphatic rings. The number of ether oxygens (including phenoxy) is 1. The molecule has 4 heteroatoms. The lowest BCUT2D eigenvalue weighted by atomic mass is 9.76. The number of hydrogen-bond acceptors (Lipinski definition) is 4. The summed E-state index contributed by atoms with van der Waals surface area (Å²) in [5.74, 6) is 0.866. The van der Waals surface area contributed by atoms with Crippen LogP contribution in [-0.4, -0.2) is 49.8 Å². The molecule has 0 aromatic carbocycles. The number of nitrogens with zero attached hydrogens (tertiary/aromatic N) is 3. The van der Waals surface area contributed by atoms with E-state index in [1.54, 1.807) is 0 Å². The standard InChI is InChI=1S/C17H31N3O/c1-20-11-3-4-13-12-15(7-10-17(13)20)19-18-14-5-8-16(21-2)9-6-14/h13-17H,3-12H2,1-2H3. The first-order valence-electron chi connectivity index (χ1n) is 8.89. The highest BCUT2D eigenvalue weighted by atomic mass is 16.5. The van der Waals surface area contributed by atoms with E-state index in [4.69, 9.17) is 9.85 Å². The van der Waals surface area contributed by atoms with Crippen LogP contribution in [0.15, 0.2) is 10.2 Å². The molecule has 2 saturated carbocycles. The minimum absolute atomic E-state index is 0.461. The van der Waals surface area contributed by atoms with E-state index in [1.165, 1.54) is 38.6 Å². The summed E-state index contributed by atoms with van der Waals surface area (Å²) in [6, 6.07) is 1.78. The first kappa shape index (κ1) is 15.4. The number of azo groups is 1. The largest absolute Gasteiger partial charge is 0.381 e. The molecule has 1 aliphatic heterocycles. The quantitative estimate of drug-likeness (QED) is 0.745. The van der Waals surface area contributed by atoms with E-state index in [9.17, 15) is 0 Å². The fourth-order valence-electron chi connectivity index (χ4n) is 4.57. The van der Waals surface area contributed by atoms with Crippen LogP contribution >= 0.6 is 0 Å². The zero-order valence-corrected chi connectivity index (χ0v) is 13.7. The molecule has 0 aromatic heterocycles. The van der Waals surface area contributed by atoms with Gasteiger partial charge in [-0.15, -0.1) is 0 Å². The molecule has 3 unspecified atom stereocenters. The van der Waals surface area contributed by atoms with Crippen LogP contribution in [0.25, 0.3) is 0 Å². The van der Waals surface area contributed by atoms with Crippen molar-refractivity contribution in [2.45, 2.75) is 82.0 Å². The highest BCUT2D eigenvalue weighted by Crippen LogP contribution is 2.36. The van der Waals surface area contributed by atoms with Crippen molar-refractivity contribution >= 4 is 0 Å². The van der Waals surface area contributed by atoms with Gasteiger partial charge < -0.3 is 9.64 Å². The van der Waals surface area contributed by atoms with Gasteiger partial charge in [-0.25, -0.2) is 0 Å². The normalized spacial score (nSPS) is 42.1. The van der Waals surface area contributed by atoms with Gasteiger partial charge in [-0.05, 0) is 77.3 Å². The molecule has 0 spiro atoms. The first-order valence-corrected chi connectivity index (χ1v) is 8.89. The van der Waals surface area contributed by atoms with Gasteiger partial charge in [-0.1, -0.05) is 0 Å². The zero-order valence-electron chi connectivity index (χ0n) is 13.7. The van der Waals surface area contributed by atoms with Crippen molar-refractivity contribution in [3.8, 4) is 0 Å². The molecule has 1 heterocycles. The van der Waals surface area contributed by atoms with Crippen molar-refractivity contribution in [2.75, 3.05) is 20.7 Å². The Balaban J connectivity index is 1.47. The molecule has 21 heavy (non-hydrogen) atoms. The van der Waals surface area contributed by atoms with Gasteiger partial charge in [-0.2, -0.15) is 10.2 Å². The van der Waals surface area contributed by atoms with Crippen molar-refractivity contribution in [3.05, 3.63) is 0 Å². The molecule has 3 fully saturated rings. The van der Waals surface area contributed by atoms with Gasteiger partial charge in [0.1, 0.15) is 0 Å². The Morgan fingerprint density at radius 2 is 1.62 bits per heavy atom. The number of piperidine rings is 1. The monoisotopic (exact) mass is 293 g/mol. The van der Waals surface area contributed by atoms with Gasteiger partial charge >= 0.3 is 0 Å². The number of methoxy groups -OCH3 is 1. The summed E-state index contributed by atoms with van der Waals surface area (Å²) in [6.45, 7) is 1.29. The summed E-state index contributed by atoms with van der Waals surface area (Å²) < 4.78 is 5.43. The fraction of sp³-hybridized carbons (Fsp3) is 1.00. The van der Waals surface area contributed by atoms with Crippen LogP contribution in [0.3, 0.4) is 0 Å². The van der Waals surface area contributed by atoms with Crippen LogP contribution in [-0.2, 0) is 4.74 Å². The zero-order chi connectivity index (χ0) is 14.7. The summed E-state index contributed by atoms with van der Waals surface area (Å²) in [4.78, 5) is 2.58. The molecule has 0 radical (unpaired) electrons. The minimum Gasteiger partial charge on any atom is -0.381 e. The van der Waals surface area contributed by atoms with Gasteiger partial charge in [0.15, 0.2) is 0 Å². The number of fused-ring (bicyclic) bond motifs is 1. The van der Waals surface area contributed by atoms with Crippen LogP contribution in [0.5, 0.6) is 0 Å². The molecule has 0 bridgehead atoms. The number of rotatable bonds is 3. The number of hydrogen-bond donors (Lipinski definition) is 0. The van der Waals surface area contributed by atoms with E-state index < -0.39 is 0 Å². The topological polar surface area (TPSA) is 37.2 Å². The SMILES string of the molecule is COC1CCC(N=NC2CCC3C(CCCN3C)C2)CC1. The maximum Gasteiger partial charge on any atom is 0.0712 e. The molecular weight excluding hydrogens is 262 g/mol. The first-order chi connectivity index (χ1) is 10.3. The molecular formula is C17H31N3O. The van der Waals surface area contributed by atoms with E-state index in [2.05, 4.69) is 17.1 Å². The van der Waals surface area contributed by atoms with Crippen molar-refractivity contribution < 1.29 is 4.74 Å². The Kier molecular flexibility index (Phi) is 5.28. The Bertz CT molecular complexity index is 352. The fourth-order valence-corrected chi connectivity index (χ4v) is 4.57. The van der Waals surface area contributed by atoms with Crippen LogP contribution in [0, 0.1) is 5.92 Å². The van der Waals surface area contributed by atoms with Crippen LogP contribution < -0.4 is 0 Å². The van der Waals surface area contributed by atoms with Crippen LogP contribution in [0.2, 0.25) is 0 Å². The molecule has 3 atom stereocenters. The van der Waals surface area contributed by atoms with Crippen LogP contribution in [0.1, 0.15) is 57.8 Å². The molecule has 0 N–H and O–H groups in total. The summed E-state index contributed by atoms with van der Waals surface area (Å²) in [6.07, 6.45) is 11.7. The summed E-state index contributed by atoms with van der Waals surface area (Å²) in [5, 5.41) is 9.43. The average molecular weight is 293 g/mol. The Morgan fingerprint density at radius 1 is 0.905 bits per heavy atom. The maximum atomic E-state index is 5.43. The highest BCUT2D eigenvalue weighted by Gasteiger charge is 2.35. The van der Waals surface area contributed by atoms with Gasteiger partial charge in [0.25, 0.3) is 0 Å². The van der Waals surface area contributed by atoms with Crippen molar-refractivity contribution in [1.29, 1.82) is 0 Å². The molecule has 0 amide bonds. The summed E-state index contributed by atoms with van der Waals surface area (Å²) in [5.41, 5.74) is 0. The molecule has 4 nitrogen and oxygen atoms in total. The van der Waals surface area contributed by atoms with E-state index in [0.717, 1.165) is 37.6 Å². The second kappa shape index (κ2) is 7.19. The van der Waals surface area contributed by atoms with E-state index in [0.29, 0.717) is 18.2 Å². The number of likely N-dealkylation sites (tertiary alicyclic amines) is 1. The highest BCUT2D eigenvalue weighted by molar-refractivity contribution is 4.91. The lowest BCUT2D eigenvalue weighted by Crippen LogP contribution is -2.46.